The lowest BCUT2D eigenvalue weighted by molar-refractivity contribution is 0.148. The number of alkyl halides is 2. The number of aromatic nitrogens is 1. The van der Waals surface area contributed by atoms with Crippen molar-refractivity contribution in [1.29, 1.82) is 0 Å². The molecule has 0 fully saturated rings. The van der Waals surface area contributed by atoms with Gasteiger partial charge in [0.25, 0.3) is 6.43 Å². The molecule has 0 bridgehead atoms. The molecule has 0 aliphatic rings. The zero-order valence-electron chi connectivity index (χ0n) is 6.20. The van der Waals surface area contributed by atoms with Gasteiger partial charge in [0.15, 0.2) is 5.82 Å². The Morgan fingerprint density at radius 2 is 2.08 bits per heavy atom. The molecule has 5 heteroatoms. The Morgan fingerprint density at radius 1 is 1.50 bits per heavy atom. The molecule has 0 amide bonds. The van der Waals surface area contributed by atoms with Gasteiger partial charge in [-0.2, -0.15) is 0 Å². The fraction of sp³-hybridized carbons (Fsp3) is 0.286. The van der Waals surface area contributed by atoms with Crippen molar-refractivity contribution in [2.75, 3.05) is 0 Å². The van der Waals surface area contributed by atoms with Crippen LogP contribution in [-0.2, 0) is 0 Å². The number of aryl methyl sites for hydroxylation is 1. The molecule has 12 heavy (non-hydrogen) atoms. The van der Waals surface area contributed by atoms with E-state index in [2.05, 4.69) is 4.98 Å². The highest BCUT2D eigenvalue weighted by atomic mass is 19.3. The second kappa shape index (κ2) is 3.00. The molecule has 1 N–H and O–H groups in total. The SMILES string of the molecule is Cc1[nH]cc(F)c(=O)c1C(F)F. The second-order valence-electron chi connectivity index (χ2n) is 2.31. The van der Waals surface area contributed by atoms with Crippen LogP contribution in [0.5, 0.6) is 0 Å². The van der Waals surface area contributed by atoms with E-state index in [-0.39, 0.29) is 5.69 Å². The van der Waals surface area contributed by atoms with E-state index in [1.807, 2.05) is 0 Å². The van der Waals surface area contributed by atoms with Gasteiger partial charge in [-0.25, -0.2) is 13.2 Å². The number of rotatable bonds is 1. The average Bonchev–Trinajstić information content (AvgIpc) is 1.97. The molecule has 0 aromatic carbocycles. The molecule has 0 saturated carbocycles. The molecular formula is C7H6F3NO. The number of pyridine rings is 1. The molecule has 0 spiro atoms. The fourth-order valence-corrected chi connectivity index (χ4v) is 0.877. The van der Waals surface area contributed by atoms with E-state index in [1.54, 1.807) is 0 Å². The second-order valence-corrected chi connectivity index (χ2v) is 2.31. The summed E-state index contributed by atoms with van der Waals surface area (Å²) in [6, 6.07) is 0. The molecule has 2 nitrogen and oxygen atoms in total. The molecule has 66 valence electrons. The maximum absolute atomic E-state index is 12.4. The minimum absolute atomic E-state index is 0.00333. The van der Waals surface area contributed by atoms with Crippen LogP contribution in [0.2, 0.25) is 0 Å². The smallest absolute Gasteiger partial charge is 0.269 e. The molecule has 0 saturated heterocycles. The molecule has 1 rings (SSSR count). The first kappa shape index (κ1) is 8.83. The Morgan fingerprint density at radius 3 is 2.50 bits per heavy atom. The monoisotopic (exact) mass is 177 g/mol. The van der Waals surface area contributed by atoms with Gasteiger partial charge in [0, 0.05) is 11.9 Å². The highest BCUT2D eigenvalue weighted by molar-refractivity contribution is 5.20. The van der Waals surface area contributed by atoms with Gasteiger partial charge in [0.2, 0.25) is 5.43 Å². The van der Waals surface area contributed by atoms with Crippen molar-refractivity contribution >= 4 is 0 Å². The summed E-state index contributed by atoms with van der Waals surface area (Å²) in [5.74, 6) is -1.18. The van der Waals surface area contributed by atoms with Crippen LogP contribution in [0.4, 0.5) is 13.2 Å². The van der Waals surface area contributed by atoms with Crippen LogP contribution >= 0.6 is 0 Å². The zero-order valence-corrected chi connectivity index (χ0v) is 6.20. The van der Waals surface area contributed by atoms with E-state index in [0.29, 0.717) is 0 Å². The third kappa shape index (κ3) is 1.34. The number of aromatic amines is 1. The van der Waals surface area contributed by atoms with Gasteiger partial charge >= 0.3 is 0 Å². The number of hydrogen-bond acceptors (Lipinski definition) is 1. The van der Waals surface area contributed by atoms with Gasteiger partial charge in [0.05, 0.1) is 5.56 Å². The predicted molar refractivity (Wildman–Crippen MR) is 36.7 cm³/mol. The zero-order chi connectivity index (χ0) is 9.30. The maximum Gasteiger partial charge on any atom is 0.269 e. The Hall–Kier alpha value is -1.26. The highest BCUT2D eigenvalue weighted by Gasteiger charge is 2.17. The first-order valence-electron chi connectivity index (χ1n) is 3.20. The average molecular weight is 177 g/mol. The number of nitrogens with one attached hydrogen (secondary N) is 1. The van der Waals surface area contributed by atoms with Crippen molar-refractivity contribution in [2.24, 2.45) is 0 Å². The Balaban J connectivity index is 3.44. The Bertz CT molecular complexity index is 345. The summed E-state index contributed by atoms with van der Waals surface area (Å²) in [5, 5.41) is 0. The molecule has 0 radical (unpaired) electrons. The Kier molecular flexibility index (Phi) is 2.21. The van der Waals surface area contributed by atoms with Crippen molar-refractivity contribution in [3.63, 3.8) is 0 Å². The van der Waals surface area contributed by atoms with Crippen molar-refractivity contribution in [3.05, 3.63) is 33.5 Å². The standard InChI is InChI=1S/C7H6F3NO/c1-3-5(7(9)10)6(12)4(8)2-11-3/h2,7H,1H3,(H,11,12). The maximum atomic E-state index is 12.4. The topological polar surface area (TPSA) is 32.9 Å². The van der Waals surface area contributed by atoms with Crippen LogP contribution in [0.15, 0.2) is 11.0 Å². The van der Waals surface area contributed by atoms with Crippen LogP contribution in [0.25, 0.3) is 0 Å². The van der Waals surface area contributed by atoms with Gasteiger partial charge in [-0.3, -0.25) is 4.79 Å². The number of H-pyrrole nitrogens is 1. The molecular weight excluding hydrogens is 171 g/mol. The molecule has 0 aliphatic carbocycles. The quantitative estimate of drug-likeness (QED) is 0.696. The lowest BCUT2D eigenvalue weighted by Gasteiger charge is -2.02. The summed E-state index contributed by atoms with van der Waals surface area (Å²) in [4.78, 5) is 13.0. The minimum Gasteiger partial charge on any atom is -0.362 e. The lowest BCUT2D eigenvalue weighted by atomic mass is 10.2. The van der Waals surface area contributed by atoms with E-state index in [4.69, 9.17) is 0 Å². The van der Waals surface area contributed by atoms with Gasteiger partial charge in [-0.1, -0.05) is 0 Å². The first-order chi connectivity index (χ1) is 5.54. The number of hydrogen-bond donors (Lipinski definition) is 1. The van der Waals surface area contributed by atoms with Crippen molar-refractivity contribution in [2.45, 2.75) is 13.3 Å². The third-order valence-electron chi connectivity index (χ3n) is 1.50. The largest absolute Gasteiger partial charge is 0.362 e. The van der Waals surface area contributed by atoms with E-state index >= 15 is 0 Å². The normalized spacial score (nSPS) is 10.8. The van der Waals surface area contributed by atoms with E-state index in [9.17, 15) is 18.0 Å². The minimum atomic E-state index is -2.94. The first-order valence-corrected chi connectivity index (χ1v) is 3.20. The van der Waals surface area contributed by atoms with Crippen LogP contribution in [-0.4, -0.2) is 4.98 Å². The van der Waals surface area contributed by atoms with Crippen LogP contribution in [0.3, 0.4) is 0 Å². The summed E-state index contributed by atoms with van der Waals surface area (Å²) >= 11 is 0. The van der Waals surface area contributed by atoms with Crippen molar-refractivity contribution in [1.82, 2.24) is 4.98 Å². The van der Waals surface area contributed by atoms with Crippen LogP contribution in [0, 0.1) is 12.7 Å². The third-order valence-corrected chi connectivity index (χ3v) is 1.50. The molecule has 0 unspecified atom stereocenters. The fourth-order valence-electron chi connectivity index (χ4n) is 0.877. The number of halogens is 3. The lowest BCUT2D eigenvalue weighted by Crippen LogP contribution is -2.16. The van der Waals surface area contributed by atoms with E-state index in [1.165, 1.54) is 6.92 Å². The van der Waals surface area contributed by atoms with Crippen LogP contribution in [0.1, 0.15) is 17.7 Å². The van der Waals surface area contributed by atoms with Gasteiger partial charge in [-0.15, -0.1) is 0 Å². The summed E-state index contributed by atoms with van der Waals surface area (Å²) in [7, 11) is 0. The Labute approximate surface area is 66.0 Å². The van der Waals surface area contributed by atoms with Gasteiger partial charge in [0.1, 0.15) is 0 Å². The molecule has 1 heterocycles. The van der Waals surface area contributed by atoms with E-state index in [0.717, 1.165) is 6.20 Å². The predicted octanol–water partition coefficient (Wildman–Crippen LogP) is 1.76. The van der Waals surface area contributed by atoms with Crippen molar-refractivity contribution < 1.29 is 13.2 Å². The molecule has 0 aliphatic heterocycles. The van der Waals surface area contributed by atoms with Crippen LogP contribution < -0.4 is 5.43 Å². The summed E-state index contributed by atoms with van der Waals surface area (Å²) in [6.07, 6.45) is -2.17. The van der Waals surface area contributed by atoms with Gasteiger partial charge < -0.3 is 4.98 Å². The summed E-state index contributed by atoms with van der Waals surface area (Å²) in [5.41, 5.74) is -2.03. The highest BCUT2D eigenvalue weighted by Crippen LogP contribution is 2.17. The van der Waals surface area contributed by atoms with E-state index < -0.39 is 23.2 Å². The van der Waals surface area contributed by atoms with Crippen molar-refractivity contribution in [3.8, 4) is 0 Å². The molecule has 0 atom stereocenters. The molecule has 1 aromatic heterocycles. The summed E-state index contributed by atoms with van der Waals surface area (Å²) < 4.78 is 36.6. The molecule has 1 aromatic rings. The summed E-state index contributed by atoms with van der Waals surface area (Å²) in [6.45, 7) is 1.29. The van der Waals surface area contributed by atoms with Gasteiger partial charge in [-0.05, 0) is 6.92 Å².